The minimum Gasteiger partial charge on any atom is -0.371 e. The zero-order chi connectivity index (χ0) is 19.4. The molecule has 0 unspecified atom stereocenters. The molecule has 4 nitrogen and oxygen atoms in total. The second-order valence-electron chi connectivity index (χ2n) is 8.34. The number of hydrogen-bond acceptors (Lipinski definition) is 2. The number of para-hydroxylation sites is 1. The Morgan fingerprint density at radius 1 is 1.00 bits per heavy atom. The Balaban J connectivity index is 1.36. The van der Waals surface area contributed by atoms with Crippen molar-refractivity contribution in [1.82, 2.24) is 10.2 Å². The lowest BCUT2D eigenvalue weighted by Gasteiger charge is -2.31. The molecular formula is C24H31N3O. The first-order valence-corrected chi connectivity index (χ1v) is 10.6. The lowest BCUT2D eigenvalue weighted by atomic mass is 9.96. The molecule has 1 N–H and O–H groups in total. The van der Waals surface area contributed by atoms with Crippen LogP contribution in [0.5, 0.6) is 0 Å². The molecule has 1 aliphatic carbocycles. The number of carbonyl (C=O) groups excluding carboxylic acids is 1. The van der Waals surface area contributed by atoms with E-state index in [1.54, 1.807) is 0 Å². The molecule has 2 amide bonds. The molecule has 0 spiro atoms. The topological polar surface area (TPSA) is 35.6 Å². The van der Waals surface area contributed by atoms with Crippen LogP contribution in [0.4, 0.5) is 10.5 Å². The Labute approximate surface area is 168 Å². The number of rotatable bonds is 6. The van der Waals surface area contributed by atoms with Crippen LogP contribution in [0, 0.1) is 0 Å². The van der Waals surface area contributed by atoms with E-state index in [1.807, 2.05) is 18.0 Å². The van der Waals surface area contributed by atoms with Crippen LogP contribution < -0.4 is 10.2 Å². The molecule has 2 aromatic rings. The van der Waals surface area contributed by atoms with E-state index in [2.05, 4.69) is 58.7 Å². The summed E-state index contributed by atoms with van der Waals surface area (Å²) in [6, 6.07) is 19.1. The van der Waals surface area contributed by atoms with Crippen LogP contribution in [0.1, 0.15) is 43.2 Å². The SMILES string of the molecule is CN(Cc1ccccc1N1CCCCC1)C(=O)NCC1(c2ccccc2)CC1. The van der Waals surface area contributed by atoms with Gasteiger partial charge in [0, 0.05) is 44.3 Å². The maximum atomic E-state index is 12.7. The lowest BCUT2D eigenvalue weighted by Crippen LogP contribution is -2.41. The van der Waals surface area contributed by atoms with Crippen molar-refractivity contribution in [3.05, 3.63) is 65.7 Å². The van der Waals surface area contributed by atoms with Crippen molar-refractivity contribution in [3.8, 4) is 0 Å². The largest absolute Gasteiger partial charge is 0.371 e. The third kappa shape index (κ3) is 4.16. The summed E-state index contributed by atoms with van der Waals surface area (Å²) in [5.41, 5.74) is 3.99. The molecule has 2 aliphatic rings. The number of nitrogens with one attached hydrogen (secondary N) is 1. The molecule has 1 saturated heterocycles. The number of piperidine rings is 1. The fraction of sp³-hybridized carbons (Fsp3) is 0.458. The quantitative estimate of drug-likeness (QED) is 0.802. The molecule has 0 bridgehead atoms. The normalized spacial score (nSPS) is 17.8. The molecular weight excluding hydrogens is 346 g/mol. The smallest absolute Gasteiger partial charge is 0.317 e. The Morgan fingerprint density at radius 2 is 1.68 bits per heavy atom. The second kappa shape index (κ2) is 8.26. The zero-order valence-corrected chi connectivity index (χ0v) is 16.9. The van der Waals surface area contributed by atoms with E-state index in [1.165, 1.54) is 36.1 Å². The summed E-state index contributed by atoms with van der Waals surface area (Å²) in [5.74, 6) is 0. The highest BCUT2D eigenvalue weighted by atomic mass is 16.2. The van der Waals surface area contributed by atoms with E-state index in [0.29, 0.717) is 13.1 Å². The highest BCUT2D eigenvalue weighted by molar-refractivity contribution is 5.74. The van der Waals surface area contributed by atoms with Gasteiger partial charge >= 0.3 is 6.03 Å². The second-order valence-corrected chi connectivity index (χ2v) is 8.34. The van der Waals surface area contributed by atoms with Gasteiger partial charge in [0.2, 0.25) is 0 Å². The summed E-state index contributed by atoms with van der Waals surface area (Å²) < 4.78 is 0. The molecule has 4 heteroatoms. The molecule has 0 aromatic heterocycles. The molecule has 0 atom stereocenters. The molecule has 0 radical (unpaired) electrons. The van der Waals surface area contributed by atoms with Gasteiger partial charge in [-0.15, -0.1) is 0 Å². The fourth-order valence-electron chi connectivity index (χ4n) is 4.31. The number of amides is 2. The third-order valence-corrected chi connectivity index (χ3v) is 6.26. The summed E-state index contributed by atoms with van der Waals surface area (Å²) in [5, 5.41) is 3.18. The van der Waals surface area contributed by atoms with Gasteiger partial charge in [0.05, 0.1) is 0 Å². The summed E-state index contributed by atoms with van der Waals surface area (Å²) in [7, 11) is 1.89. The van der Waals surface area contributed by atoms with Crippen molar-refractivity contribution in [1.29, 1.82) is 0 Å². The Bertz CT molecular complexity index is 795. The lowest BCUT2D eigenvalue weighted by molar-refractivity contribution is 0.206. The van der Waals surface area contributed by atoms with Gasteiger partial charge in [-0.1, -0.05) is 48.5 Å². The predicted molar refractivity (Wildman–Crippen MR) is 115 cm³/mol. The van der Waals surface area contributed by atoms with Crippen LogP contribution in [-0.2, 0) is 12.0 Å². The van der Waals surface area contributed by atoms with Gasteiger partial charge < -0.3 is 15.1 Å². The van der Waals surface area contributed by atoms with Crippen molar-refractivity contribution in [2.24, 2.45) is 0 Å². The van der Waals surface area contributed by atoms with E-state index >= 15 is 0 Å². The Hall–Kier alpha value is -2.49. The van der Waals surface area contributed by atoms with Crippen LogP contribution in [-0.4, -0.2) is 37.6 Å². The number of urea groups is 1. The number of anilines is 1. The third-order valence-electron chi connectivity index (χ3n) is 6.26. The zero-order valence-electron chi connectivity index (χ0n) is 16.9. The van der Waals surface area contributed by atoms with Crippen molar-refractivity contribution in [2.75, 3.05) is 31.6 Å². The van der Waals surface area contributed by atoms with Crippen LogP contribution in [0.2, 0.25) is 0 Å². The minimum atomic E-state index is 0.00986. The highest BCUT2D eigenvalue weighted by Crippen LogP contribution is 2.47. The van der Waals surface area contributed by atoms with Crippen molar-refractivity contribution in [2.45, 2.75) is 44.1 Å². The van der Waals surface area contributed by atoms with Gasteiger partial charge in [-0.2, -0.15) is 0 Å². The van der Waals surface area contributed by atoms with Gasteiger partial charge in [0.15, 0.2) is 0 Å². The van der Waals surface area contributed by atoms with Crippen LogP contribution in [0.3, 0.4) is 0 Å². The van der Waals surface area contributed by atoms with E-state index < -0.39 is 0 Å². The first-order valence-electron chi connectivity index (χ1n) is 10.6. The van der Waals surface area contributed by atoms with Crippen molar-refractivity contribution in [3.63, 3.8) is 0 Å². The molecule has 1 heterocycles. The fourth-order valence-corrected chi connectivity index (χ4v) is 4.31. The molecule has 2 fully saturated rings. The molecule has 2 aromatic carbocycles. The first kappa shape index (κ1) is 18.9. The molecule has 1 aliphatic heterocycles. The minimum absolute atomic E-state index is 0.00986. The van der Waals surface area contributed by atoms with Gasteiger partial charge in [0.1, 0.15) is 0 Å². The number of carbonyl (C=O) groups is 1. The van der Waals surface area contributed by atoms with Crippen LogP contribution >= 0.6 is 0 Å². The van der Waals surface area contributed by atoms with Crippen LogP contribution in [0.25, 0.3) is 0 Å². The van der Waals surface area contributed by atoms with Crippen molar-refractivity contribution < 1.29 is 4.79 Å². The van der Waals surface area contributed by atoms with E-state index in [4.69, 9.17) is 0 Å². The maximum Gasteiger partial charge on any atom is 0.317 e. The average Bonchev–Trinajstić information content (AvgIpc) is 3.55. The van der Waals surface area contributed by atoms with Crippen molar-refractivity contribution >= 4 is 11.7 Å². The Morgan fingerprint density at radius 3 is 2.39 bits per heavy atom. The van der Waals surface area contributed by atoms with Gasteiger partial charge in [-0.25, -0.2) is 4.79 Å². The average molecular weight is 378 g/mol. The van der Waals surface area contributed by atoms with E-state index in [0.717, 1.165) is 25.9 Å². The summed E-state index contributed by atoms with van der Waals surface area (Å²) in [4.78, 5) is 17.0. The van der Waals surface area contributed by atoms with Gasteiger partial charge in [0.25, 0.3) is 0 Å². The maximum absolute atomic E-state index is 12.7. The van der Waals surface area contributed by atoms with Gasteiger partial charge in [-0.05, 0) is 49.3 Å². The standard InChI is InChI=1S/C24H31N3O/c1-26(18-20-10-6-7-13-22(20)27-16-8-3-9-17-27)23(28)25-19-24(14-15-24)21-11-4-2-5-12-21/h2,4-7,10-13H,3,8-9,14-19H2,1H3,(H,25,28). The summed E-state index contributed by atoms with van der Waals surface area (Å²) in [6.45, 7) is 3.59. The monoisotopic (exact) mass is 377 g/mol. The van der Waals surface area contributed by atoms with E-state index in [-0.39, 0.29) is 11.4 Å². The number of benzene rings is 2. The molecule has 28 heavy (non-hydrogen) atoms. The molecule has 4 rings (SSSR count). The molecule has 1 saturated carbocycles. The van der Waals surface area contributed by atoms with Gasteiger partial charge in [-0.3, -0.25) is 0 Å². The van der Waals surface area contributed by atoms with Crippen LogP contribution in [0.15, 0.2) is 54.6 Å². The summed E-state index contributed by atoms with van der Waals surface area (Å²) in [6.07, 6.45) is 6.14. The molecule has 148 valence electrons. The Kier molecular flexibility index (Phi) is 5.56. The highest BCUT2D eigenvalue weighted by Gasteiger charge is 2.44. The summed E-state index contributed by atoms with van der Waals surface area (Å²) >= 11 is 0. The predicted octanol–water partition coefficient (Wildman–Crippen LogP) is 4.55. The number of hydrogen-bond donors (Lipinski definition) is 1. The number of nitrogens with zero attached hydrogens (tertiary/aromatic N) is 2. The van der Waals surface area contributed by atoms with E-state index in [9.17, 15) is 4.79 Å². The first-order chi connectivity index (χ1) is 13.7.